The summed E-state index contributed by atoms with van der Waals surface area (Å²) in [5, 5.41) is 7.42. The van der Waals surface area contributed by atoms with E-state index in [1.807, 2.05) is 80.7 Å². The highest BCUT2D eigenvalue weighted by Crippen LogP contribution is 2.34. The summed E-state index contributed by atoms with van der Waals surface area (Å²) in [6.45, 7) is 6.29. The summed E-state index contributed by atoms with van der Waals surface area (Å²) in [7, 11) is 1.71. The molecule has 216 valence electrons. The van der Waals surface area contributed by atoms with Gasteiger partial charge in [-0.25, -0.2) is 15.0 Å². The van der Waals surface area contributed by atoms with E-state index in [0.29, 0.717) is 34.5 Å². The van der Waals surface area contributed by atoms with Gasteiger partial charge in [-0.3, -0.25) is 14.2 Å². The van der Waals surface area contributed by atoms with E-state index >= 15 is 0 Å². The Balaban J connectivity index is 1.51. The molecule has 4 heterocycles. The number of aromatic nitrogens is 5. The van der Waals surface area contributed by atoms with Crippen molar-refractivity contribution in [3.8, 4) is 33.3 Å². The van der Waals surface area contributed by atoms with Gasteiger partial charge in [-0.05, 0) is 61.5 Å². The predicted molar refractivity (Wildman–Crippen MR) is 171 cm³/mol. The molecule has 6 aromatic rings. The summed E-state index contributed by atoms with van der Waals surface area (Å²) in [5.41, 5.74) is 4.24. The lowest BCUT2D eigenvalue weighted by molar-refractivity contribution is 0.338. The average molecular weight is 591 g/mol. The molecule has 0 spiro atoms. The summed E-state index contributed by atoms with van der Waals surface area (Å²) < 4.78 is 8.85. The van der Waals surface area contributed by atoms with Crippen LogP contribution in [0.5, 0.6) is 5.19 Å². The number of nitrogens with zero attached hydrogens (tertiary/aromatic N) is 5. The van der Waals surface area contributed by atoms with Crippen molar-refractivity contribution in [2.75, 3.05) is 11.9 Å². The van der Waals surface area contributed by atoms with E-state index in [1.54, 1.807) is 30.1 Å². The van der Waals surface area contributed by atoms with E-state index in [9.17, 15) is 9.59 Å². The van der Waals surface area contributed by atoms with E-state index in [4.69, 9.17) is 9.72 Å². The highest BCUT2D eigenvalue weighted by Gasteiger charge is 2.21. The maximum atomic E-state index is 14.5. The molecule has 1 atom stereocenters. The third-order valence-electron chi connectivity index (χ3n) is 7.22. The fourth-order valence-corrected chi connectivity index (χ4v) is 5.88. The predicted octanol–water partition coefficient (Wildman–Crippen LogP) is 6.15. The Kier molecular flexibility index (Phi) is 7.60. The summed E-state index contributed by atoms with van der Waals surface area (Å²) in [4.78, 5) is 40.3. The molecule has 0 fully saturated rings. The third kappa shape index (κ3) is 5.44. The zero-order valence-corrected chi connectivity index (χ0v) is 25.1. The Labute approximate surface area is 252 Å². The average Bonchev–Trinajstić information content (AvgIpc) is 3.47. The fourth-order valence-electron chi connectivity index (χ4n) is 5.16. The maximum Gasteiger partial charge on any atom is 0.273 e. The Morgan fingerprint density at radius 3 is 2.58 bits per heavy atom. The fraction of sp³-hybridized carbons (Fsp3) is 0.182. The van der Waals surface area contributed by atoms with Gasteiger partial charge >= 0.3 is 0 Å². The SMILES string of the molecule is CCOc1nc(-c2cnc(C)nc2N[C@@H](C)c2cc3cccc(-c4ccc(=O)n(C)c4)c3c(=O)n2-c2ccccc2)cs1. The number of hydrogen-bond acceptors (Lipinski definition) is 8. The van der Waals surface area contributed by atoms with Gasteiger partial charge in [0.1, 0.15) is 11.6 Å². The summed E-state index contributed by atoms with van der Waals surface area (Å²) in [6, 6.07) is 20.4. The largest absolute Gasteiger partial charge is 0.470 e. The molecule has 1 N–H and O–H groups in total. The van der Waals surface area contributed by atoms with Crippen LogP contribution in [-0.2, 0) is 7.05 Å². The van der Waals surface area contributed by atoms with E-state index in [0.717, 1.165) is 33.5 Å². The second kappa shape index (κ2) is 11.7. The minimum Gasteiger partial charge on any atom is -0.470 e. The number of hydrogen-bond donors (Lipinski definition) is 1. The Bertz CT molecular complexity index is 2070. The Morgan fingerprint density at radius 2 is 1.81 bits per heavy atom. The molecule has 9 nitrogen and oxygen atoms in total. The van der Waals surface area contributed by atoms with Crippen molar-refractivity contribution in [2.45, 2.75) is 26.8 Å². The number of anilines is 1. The van der Waals surface area contributed by atoms with Gasteiger partial charge in [-0.15, -0.1) is 0 Å². The van der Waals surface area contributed by atoms with Crippen LogP contribution in [0.4, 0.5) is 5.82 Å². The standard InChI is InChI=1S/C33H30N6O3S/c1-5-42-33-37-27(19-43-33)26-17-34-21(3)36-31(26)35-20(2)28-16-22-10-9-13-25(23-14-15-29(40)38(4)18-23)30(22)32(41)39(28)24-11-7-6-8-12-24/h6-20H,5H2,1-4H3,(H,34,35,36)/t20-/m0/s1. The van der Waals surface area contributed by atoms with Gasteiger partial charge in [0.15, 0.2) is 0 Å². The second-order valence-electron chi connectivity index (χ2n) is 10.2. The summed E-state index contributed by atoms with van der Waals surface area (Å²) in [5.74, 6) is 1.22. The monoisotopic (exact) mass is 590 g/mol. The topological polar surface area (TPSA) is 104 Å². The molecule has 0 aliphatic heterocycles. The van der Waals surface area contributed by atoms with Crippen LogP contribution in [0.15, 0.2) is 94.1 Å². The molecule has 43 heavy (non-hydrogen) atoms. The molecule has 6 rings (SSSR count). The van der Waals surface area contributed by atoms with Crippen molar-refractivity contribution in [1.29, 1.82) is 0 Å². The molecule has 0 radical (unpaired) electrons. The van der Waals surface area contributed by atoms with Crippen molar-refractivity contribution in [3.05, 3.63) is 117 Å². The van der Waals surface area contributed by atoms with Crippen LogP contribution in [0.1, 0.15) is 31.4 Å². The van der Waals surface area contributed by atoms with Crippen molar-refractivity contribution in [3.63, 3.8) is 0 Å². The molecule has 0 bridgehead atoms. The van der Waals surface area contributed by atoms with Gasteiger partial charge in [0.25, 0.3) is 10.8 Å². The molecule has 0 aliphatic rings. The summed E-state index contributed by atoms with van der Waals surface area (Å²) >= 11 is 1.42. The third-order valence-corrected chi connectivity index (χ3v) is 7.97. The van der Waals surface area contributed by atoms with Gasteiger partial charge in [0.05, 0.1) is 29.3 Å². The Hall–Kier alpha value is -5.09. The van der Waals surface area contributed by atoms with Gasteiger partial charge < -0.3 is 14.6 Å². The summed E-state index contributed by atoms with van der Waals surface area (Å²) in [6.07, 6.45) is 3.52. The first-order valence-corrected chi connectivity index (χ1v) is 14.8. The number of rotatable bonds is 8. The highest BCUT2D eigenvalue weighted by atomic mass is 32.1. The van der Waals surface area contributed by atoms with Gasteiger partial charge in [-0.1, -0.05) is 47.7 Å². The normalized spacial score (nSPS) is 11.9. The second-order valence-corrected chi connectivity index (χ2v) is 11.0. The molecule has 2 aromatic carbocycles. The molecule has 0 saturated heterocycles. The van der Waals surface area contributed by atoms with Gasteiger partial charge in [-0.2, -0.15) is 0 Å². The van der Waals surface area contributed by atoms with Crippen LogP contribution in [0.2, 0.25) is 0 Å². The minimum atomic E-state index is -0.337. The zero-order chi connectivity index (χ0) is 30.1. The van der Waals surface area contributed by atoms with E-state index in [-0.39, 0.29) is 17.2 Å². The minimum absolute atomic E-state index is 0.112. The molecule has 4 aromatic heterocycles. The lowest BCUT2D eigenvalue weighted by Gasteiger charge is -2.23. The molecule has 0 aliphatic carbocycles. The lowest BCUT2D eigenvalue weighted by Crippen LogP contribution is -2.26. The van der Waals surface area contributed by atoms with Crippen LogP contribution in [-0.4, -0.2) is 30.7 Å². The van der Waals surface area contributed by atoms with Crippen LogP contribution < -0.4 is 21.2 Å². The first-order valence-electron chi connectivity index (χ1n) is 13.9. The van der Waals surface area contributed by atoms with Gasteiger partial charge in [0, 0.05) is 42.3 Å². The van der Waals surface area contributed by atoms with Crippen LogP contribution in [0, 0.1) is 6.92 Å². The number of nitrogens with one attached hydrogen (secondary N) is 1. The molecular formula is C33H30N6O3S. The van der Waals surface area contributed by atoms with E-state index < -0.39 is 0 Å². The van der Waals surface area contributed by atoms with Crippen molar-refractivity contribution >= 4 is 27.9 Å². The number of pyridine rings is 2. The smallest absolute Gasteiger partial charge is 0.273 e. The molecular weight excluding hydrogens is 560 g/mol. The number of aryl methyl sites for hydroxylation is 2. The maximum absolute atomic E-state index is 14.5. The number of para-hydroxylation sites is 1. The van der Waals surface area contributed by atoms with Crippen molar-refractivity contribution < 1.29 is 4.74 Å². The van der Waals surface area contributed by atoms with E-state index in [2.05, 4.69) is 15.3 Å². The van der Waals surface area contributed by atoms with Crippen LogP contribution >= 0.6 is 11.3 Å². The van der Waals surface area contributed by atoms with Crippen LogP contribution in [0.25, 0.3) is 38.8 Å². The number of thiazole rings is 1. The van der Waals surface area contributed by atoms with Crippen molar-refractivity contribution in [1.82, 2.24) is 24.1 Å². The Morgan fingerprint density at radius 1 is 1.00 bits per heavy atom. The molecule has 0 amide bonds. The molecule has 0 saturated carbocycles. The van der Waals surface area contributed by atoms with Gasteiger partial charge in [0.2, 0.25) is 5.56 Å². The van der Waals surface area contributed by atoms with Crippen molar-refractivity contribution in [2.24, 2.45) is 7.05 Å². The first kappa shape index (κ1) is 28.0. The number of benzene rings is 2. The first-order chi connectivity index (χ1) is 20.8. The van der Waals surface area contributed by atoms with E-state index in [1.165, 1.54) is 22.0 Å². The number of fused-ring (bicyclic) bond motifs is 1. The quantitative estimate of drug-likeness (QED) is 0.227. The zero-order valence-electron chi connectivity index (χ0n) is 24.2. The molecule has 10 heteroatoms. The molecule has 0 unspecified atom stereocenters. The van der Waals surface area contributed by atoms with Crippen LogP contribution in [0.3, 0.4) is 0 Å². The lowest BCUT2D eigenvalue weighted by atomic mass is 9.98. The highest BCUT2D eigenvalue weighted by molar-refractivity contribution is 7.11. The number of ether oxygens (including phenoxy) is 1.